The Morgan fingerprint density at radius 2 is 2.00 bits per heavy atom. The molecule has 3 aromatic rings. The summed E-state index contributed by atoms with van der Waals surface area (Å²) in [6.45, 7) is 0. The van der Waals surface area contributed by atoms with E-state index in [0.29, 0.717) is 14.9 Å². The van der Waals surface area contributed by atoms with E-state index in [1.165, 1.54) is 5.19 Å². The number of benzene rings is 2. The first-order valence-corrected chi connectivity index (χ1v) is 9.06. The van der Waals surface area contributed by atoms with Crippen LogP contribution in [-0.2, 0) is 0 Å². The largest absolute Gasteiger partial charge is 0.507 e. The molecule has 1 unspecified atom stereocenters. The van der Waals surface area contributed by atoms with E-state index in [9.17, 15) is 5.11 Å². The first kappa shape index (κ1) is 11.8. The smallest absolute Gasteiger partial charge is 0.128 e. The number of phenols is 1. The monoisotopic (exact) mass is 287 g/mol. The number of phenolic OH excluding ortho intramolecular Hbond substituents is 1. The minimum Gasteiger partial charge on any atom is -0.507 e. The Bertz CT molecular complexity index is 680. The Labute approximate surface area is 114 Å². The fraction of sp³-hybridized carbons (Fsp3) is 0. The normalized spacial score (nSPS) is 10.9. The third-order valence-electron chi connectivity index (χ3n) is 2.69. The molecule has 0 aliphatic rings. The molecule has 2 aromatic carbocycles. The van der Waals surface area contributed by atoms with E-state index in [-0.39, 0.29) is 0 Å². The number of aromatic hydroxyl groups is 1. The highest BCUT2D eigenvalue weighted by Gasteiger charge is 2.10. The minimum atomic E-state index is 0.293. The Hall–Kier alpha value is -1.22. The van der Waals surface area contributed by atoms with Crippen LogP contribution in [0.5, 0.6) is 5.75 Å². The van der Waals surface area contributed by atoms with E-state index in [4.69, 9.17) is 0 Å². The van der Waals surface area contributed by atoms with Gasteiger partial charge in [-0.1, -0.05) is 23.4 Å². The molecule has 0 spiro atoms. The zero-order chi connectivity index (χ0) is 12.5. The van der Waals surface area contributed by atoms with Gasteiger partial charge < -0.3 is 5.11 Å². The van der Waals surface area contributed by atoms with Gasteiger partial charge in [0.1, 0.15) is 19.9 Å². The highest BCUT2D eigenvalue weighted by Crippen LogP contribution is 2.34. The van der Waals surface area contributed by atoms with Gasteiger partial charge >= 0.3 is 0 Å². The van der Waals surface area contributed by atoms with Crippen LogP contribution in [0, 0.1) is 0 Å². The second kappa shape index (κ2) is 4.80. The van der Waals surface area contributed by atoms with Crippen LogP contribution in [0.3, 0.4) is 0 Å². The average molecular weight is 287 g/mol. The molecule has 2 radical (unpaired) electrons. The van der Waals surface area contributed by atoms with Crippen molar-refractivity contribution in [1.29, 1.82) is 0 Å². The molecule has 1 atom stereocenters. The zero-order valence-corrected chi connectivity index (χ0v) is 12.4. The van der Waals surface area contributed by atoms with E-state index in [0.717, 1.165) is 20.8 Å². The van der Waals surface area contributed by atoms with Crippen LogP contribution >= 0.6 is 20.1 Å². The summed E-state index contributed by atoms with van der Waals surface area (Å²) in [5.74, 6) is 0.293. The highest BCUT2D eigenvalue weighted by atomic mass is 32.1. The molecule has 88 valence electrons. The molecule has 0 aliphatic heterocycles. The van der Waals surface area contributed by atoms with Gasteiger partial charge in [-0.25, -0.2) is 4.98 Å². The fourth-order valence-corrected chi connectivity index (χ4v) is 3.72. The minimum absolute atomic E-state index is 0.293. The molecule has 5 heteroatoms. The van der Waals surface area contributed by atoms with Crippen molar-refractivity contribution in [3.8, 4) is 16.3 Å². The molecule has 0 saturated carbocycles. The predicted molar refractivity (Wildman–Crippen MR) is 81.8 cm³/mol. The van der Waals surface area contributed by atoms with E-state index < -0.39 is 0 Å². The van der Waals surface area contributed by atoms with Crippen molar-refractivity contribution >= 4 is 44.7 Å². The van der Waals surface area contributed by atoms with E-state index in [1.807, 2.05) is 30.3 Å². The maximum Gasteiger partial charge on any atom is 0.128 e. The van der Waals surface area contributed by atoms with Crippen LogP contribution in [0.2, 0.25) is 0 Å². The summed E-state index contributed by atoms with van der Waals surface area (Å²) in [6.07, 6.45) is 0. The van der Waals surface area contributed by atoms with Gasteiger partial charge in [-0.3, -0.25) is 0 Å². The van der Waals surface area contributed by atoms with Crippen molar-refractivity contribution in [1.82, 2.24) is 4.98 Å². The molecule has 0 fully saturated rings. The maximum absolute atomic E-state index is 9.97. The summed E-state index contributed by atoms with van der Waals surface area (Å²) >= 11 is 1.61. The van der Waals surface area contributed by atoms with Crippen LogP contribution in [-0.4, -0.2) is 19.3 Å². The predicted octanol–water partition coefficient (Wildman–Crippen LogP) is 2.79. The van der Waals surface area contributed by atoms with Gasteiger partial charge in [0.05, 0.1) is 15.8 Å². The van der Waals surface area contributed by atoms with Crippen molar-refractivity contribution < 1.29 is 5.11 Å². The summed E-state index contributed by atoms with van der Waals surface area (Å²) in [5.41, 5.74) is 1.80. The summed E-state index contributed by atoms with van der Waals surface area (Å²) in [4.78, 5) is 4.57. The second-order valence-electron chi connectivity index (χ2n) is 3.86. The van der Waals surface area contributed by atoms with Crippen LogP contribution < -0.4 is 5.19 Å². The average Bonchev–Trinajstić information content (AvgIpc) is 2.82. The summed E-state index contributed by atoms with van der Waals surface area (Å²) in [7, 11) is 3.36. The summed E-state index contributed by atoms with van der Waals surface area (Å²) in [6, 6.07) is 13.7. The molecule has 0 aliphatic carbocycles. The molecule has 3 rings (SSSR count). The number of para-hydroxylation sites is 1. The first-order valence-electron chi connectivity index (χ1n) is 5.43. The number of aromatic nitrogens is 1. The molecule has 1 aromatic heterocycles. The zero-order valence-electron chi connectivity index (χ0n) is 9.42. The van der Waals surface area contributed by atoms with Crippen molar-refractivity contribution in [3.63, 3.8) is 0 Å². The topological polar surface area (TPSA) is 33.1 Å². The third-order valence-corrected chi connectivity index (χ3v) is 5.40. The van der Waals surface area contributed by atoms with Gasteiger partial charge in [-0.2, -0.15) is 0 Å². The van der Waals surface area contributed by atoms with E-state index in [1.54, 1.807) is 17.4 Å². The lowest BCUT2D eigenvalue weighted by atomic mass is 10.2. The second-order valence-corrected chi connectivity index (χ2v) is 6.63. The molecule has 0 bridgehead atoms. The van der Waals surface area contributed by atoms with Crippen molar-refractivity contribution in [2.75, 3.05) is 0 Å². The van der Waals surface area contributed by atoms with Gasteiger partial charge in [-0.05, 0) is 24.3 Å². The van der Waals surface area contributed by atoms with E-state index in [2.05, 4.69) is 19.8 Å². The van der Waals surface area contributed by atoms with Crippen LogP contribution in [0.4, 0.5) is 0 Å². The van der Waals surface area contributed by atoms with Crippen LogP contribution in [0.25, 0.3) is 20.8 Å². The Kier molecular flexibility index (Phi) is 3.16. The van der Waals surface area contributed by atoms with Gasteiger partial charge in [-0.15, -0.1) is 20.1 Å². The Morgan fingerprint density at radius 1 is 1.17 bits per heavy atom. The molecule has 0 saturated heterocycles. The first-order chi connectivity index (χ1) is 8.78. The van der Waals surface area contributed by atoms with Crippen LogP contribution in [0.1, 0.15) is 0 Å². The van der Waals surface area contributed by atoms with Crippen LogP contribution in [0.15, 0.2) is 42.5 Å². The van der Waals surface area contributed by atoms with Crippen molar-refractivity contribution in [2.24, 2.45) is 0 Å². The molecular weight excluding hydrogens is 277 g/mol. The van der Waals surface area contributed by atoms with Gasteiger partial charge in [0.25, 0.3) is 0 Å². The summed E-state index contributed by atoms with van der Waals surface area (Å²) < 4.78 is 1.14. The van der Waals surface area contributed by atoms with Crippen molar-refractivity contribution in [2.45, 2.75) is 0 Å². The Balaban J connectivity index is 2.19. The quantitative estimate of drug-likeness (QED) is 0.581. The Morgan fingerprint density at radius 3 is 2.78 bits per heavy atom. The number of fused-ring (bicyclic) bond motifs is 1. The number of hydrogen-bond acceptors (Lipinski definition) is 3. The van der Waals surface area contributed by atoms with Gasteiger partial charge in [0.15, 0.2) is 0 Å². The lowest BCUT2D eigenvalue weighted by molar-refractivity contribution is 0.477. The fourth-order valence-electron chi connectivity index (χ4n) is 1.78. The molecule has 1 heterocycles. The number of hydrogen-bond donors (Lipinski definition) is 1. The molecule has 1 N–H and O–H groups in total. The number of rotatable bonds is 2. The molecule has 2 nitrogen and oxygen atoms in total. The SMILES string of the molecule is Oc1ccc([Si]P)cc1-c1nc2ccccc2s1. The molecule has 0 amide bonds. The van der Waals surface area contributed by atoms with Crippen molar-refractivity contribution in [3.05, 3.63) is 42.5 Å². The maximum atomic E-state index is 9.97. The summed E-state index contributed by atoms with van der Waals surface area (Å²) in [5, 5.41) is 12.0. The highest BCUT2D eigenvalue weighted by molar-refractivity contribution is 7.58. The molecular formula is C13H10NOPSSi. The van der Waals surface area contributed by atoms with E-state index >= 15 is 0 Å². The van der Waals surface area contributed by atoms with Gasteiger partial charge in [0, 0.05) is 0 Å². The molecule has 18 heavy (non-hydrogen) atoms. The van der Waals surface area contributed by atoms with Gasteiger partial charge in [0.2, 0.25) is 0 Å². The number of nitrogens with zero attached hydrogens (tertiary/aromatic N) is 1. The lowest BCUT2D eigenvalue weighted by Crippen LogP contribution is -2.07. The third kappa shape index (κ3) is 2.07. The standard InChI is InChI=1S/C13H10NOPSSi/c15-11-6-5-8(18-16)7-9(11)13-14-10-3-1-2-4-12(10)17-13/h1-7,15H,16H2. The number of thiazole rings is 1. The lowest BCUT2D eigenvalue weighted by Gasteiger charge is -2.03.